The van der Waals surface area contributed by atoms with E-state index >= 15 is 0 Å². The lowest BCUT2D eigenvalue weighted by atomic mass is 9.53. The molecular formula is C12H16N4O2. The molecule has 0 saturated heterocycles. The second kappa shape index (κ2) is 3.30. The van der Waals surface area contributed by atoms with Gasteiger partial charge in [0.1, 0.15) is 11.3 Å². The van der Waals surface area contributed by atoms with Crippen molar-refractivity contribution in [1.82, 2.24) is 15.0 Å². The monoisotopic (exact) mass is 248 g/mol. The topological polar surface area (TPSA) is 73.8 Å². The minimum atomic E-state index is -0.454. The molecule has 18 heavy (non-hydrogen) atoms. The van der Waals surface area contributed by atoms with Gasteiger partial charge in [0.05, 0.1) is 10.8 Å². The van der Waals surface area contributed by atoms with Gasteiger partial charge in [0.25, 0.3) is 0 Å². The average molecular weight is 248 g/mol. The van der Waals surface area contributed by atoms with Crippen LogP contribution in [0.3, 0.4) is 0 Å². The SMILES string of the molecule is O=[N+]([O-])c1cn(C23CC4CC(CC(C4)C2)C3)nn1. The predicted octanol–water partition coefficient (Wildman–Crippen LogP) is 2.11. The molecule has 6 heteroatoms. The van der Waals surface area contributed by atoms with Crippen molar-refractivity contribution in [3.8, 4) is 0 Å². The quantitative estimate of drug-likeness (QED) is 0.593. The zero-order chi connectivity index (χ0) is 12.3. The molecule has 0 spiro atoms. The van der Waals surface area contributed by atoms with Gasteiger partial charge in [-0.25, -0.2) is 4.68 Å². The van der Waals surface area contributed by atoms with Crippen LogP contribution in [0.5, 0.6) is 0 Å². The van der Waals surface area contributed by atoms with Crippen molar-refractivity contribution >= 4 is 5.82 Å². The average Bonchev–Trinajstić information content (AvgIpc) is 2.76. The Hall–Kier alpha value is -1.46. The van der Waals surface area contributed by atoms with Gasteiger partial charge in [0, 0.05) is 0 Å². The first-order valence-corrected chi connectivity index (χ1v) is 6.72. The van der Waals surface area contributed by atoms with Crippen LogP contribution in [0, 0.1) is 27.9 Å². The van der Waals surface area contributed by atoms with Crippen LogP contribution in [0.1, 0.15) is 38.5 Å². The van der Waals surface area contributed by atoms with E-state index in [1.54, 1.807) is 0 Å². The third kappa shape index (κ3) is 1.34. The van der Waals surface area contributed by atoms with Gasteiger partial charge in [0.15, 0.2) is 0 Å². The molecule has 96 valence electrons. The molecule has 4 saturated carbocycles. The van der Waals surface area contributed by atoms with Crippen molar-refractivity contribution in [1.29, 1.82) is 0 Å². The Morgan fingerprint density at radius 1 is 1.22 bits per heavy atom. The molecular weight excluding hydrogens is 232 g/mol. The van der Waals surface area contributed by atoms with Crippen LogP contribution in [0.2, 0.25) is 0 Å². The van der Waals surface area contributed by atoms with Crippen LogP contribution < -0.4 is 0 Å². The summed E-state index contributed by atoms with van der Waals surface area (Å²) >= 11 is 0. The molecule has 0 radical (unpaired) electrons. The molecule has 0 atom stereocenters. The molecule has 0 unspecified atom stereocenters. The van der Waals surface area contributed by atoms with Gasteiger partial charge in [0.2, 0.25) is 0 Å². The third-order valence-corrected chi connectivity index (χ3v) is 5.16. The van der Waals surface area contributed by atoms with Gasteiger partial charge >= 0.3 is 5.82 Å². The van der Waals surface area contributed by atoms with E-state index in [9.17, 15) is 10.1 Å². The number of nitrogens with zero attached hydrogens (tertiary/aromatic N) is 4. The first kappa shape index (κ1) is 10.5. The summed E-state index contributed by atoms with van der Waals surface area (Å²) in [4.78, 5) is 10.3. The lowest BCUT2D eigenvalue weighted by Crippen LogP contribution is -2.52. The van der Waals surface area contributed by atoms with E-state index in [-0.39, 0.29) is 11.4 Å². The minimum absolute atomic E-state index is 0.0377. The van der Waals surface area contributed by atoms with E-state index in [2.05, 4.69) is 10.3 Å². The largest absolute Gasteiger partial charge is 0.410 e. The van der Waals surface area contributed by atoms with Crippen molar-refractivity contribution in [2.45, 2.75) is 44.1 Å². The molecule has 5 rings (SSSR count). The third-order valence-electron chi connectivity index (χ3n) is 5.16. The fraction of sp³-hybridized carbons (Fsp3) is 0.833. The van der Waals surface area contributed by atoms with E-state index in [1.807, 2.05) is 4.68 Å². The zero-order valence-electron chi connectivity index (χ0n) is 10.2. The zero-order valence-corrected chi connectivity index (χ0v) is 10.2. The van der Waals surface area contributed by atoms with E-state index in [4.69, 9.17) is 0 Å². The highest BCUT2D eigenvalue weighted by atomic mass is 16.6. The second-order valence-corrected chi connectivity index (χ2v) is 6.42. The van der Waals surface area contributed by atoms with Crippen molar-refractivity contribution in [2.24, 2.45) is 17.8 Å². The van der Waals surface area contributed by atoms with E-state index in [0.29, 0.717) is 0 Å². The predicted molar refractivity (Wildman–Crippen MR) is 62.8 cm³/mol. The first-order chi connectivity index (χ1) is 8.64. The molecule has 1 heterocycles. The highest BCUT2D eigenvalue weighted by Crippen LogP contribution is 2.58. The van der Waals surface area contributed by atoms with Crippen LogP contribution in [0.15, 0.2) is 6.20 Å². The molecule has 1 aromatic rings. The fourth-order valence-corrected chi connectivity index (χ4v) is 4.92. The summed E-state index contributed by atoms with van der Waals surface area (Å²) in [6.45, 7) is 0. The Morgan fingerprint density at radius 3 is 2.22 bits per heavy atom. The summed E-state index contributed by atoms with van der Waals surface area (Å²) in [5.41, 5.74) is 0.0377. The Balaban J connectivity index is 1.72. The summed E-state index contributed by atoms with van der Waals surface area (Å²) in [6, 6.07) is 0. The number of aromatic nitrogens is 3. The van der Waals surface area contributed by atoms with Gasteiger partial charge in [-0.05, 0) is 61.2 Å². The lowest BCUT2D eigenvalue weighted by Gasteiger charge is -2.56. The molecule has 4 aliphatic carbocycles. The maximum Gasteiger partial charge on any atom is 0.410 e. The molecule has 0 aliphatic heterocycles. The smallest absolute Gasteiger partial charge is 0.358 e. The molecule has 0 amide bonds. The standard InChI is InChI=1S/C12H16N4O2/c17-16(18)11-7-15(14-13-11)12-4-8-1-9(5-12)3-10(2-8)6-12/h7-10H,1-6H2. The van der Waals surface area contributed by atoms with Crippen LogP contribution in [-0.4, -0.2) is 19.9 Å². The van der Waals surface area contributed by atoms with E-state index in [1.165, 1.54) is 25.5 Å². The van der Waals surface area contributed by atoms with Gasteiger partial charge < -0.3 is 10.1 Å². The lowest BCUT2D eigenvalue weighted by molar-refractivity contribution is -0.389. The van der Waals surface area contributed by atoms with Crippen molar-refractivity contribution < 1.29 is 4.92 Å². The number of rotatable bonds is 2. The second-order valence-electron chi connectivity index (χ2n) is 6.42. The Bertz CT molecular complexity index is 475. The van der Waals surface area contributed by atoms with Crippen LogP contribution in [0.4, 0.5) is 5.82 Å². The molecule has 4 bridgehead atoms. The van der Waals surface area contributed by atoms with Crippen molar-refractivity contribution in [3.63, 3.8) is 0 Å². The first-order valence-electron chi connectivity index (χ1n) is 6.72. The molecule has 1 aromatic heterocycles. The molecule has 0 N–H and O–H groups in total. The molecule has 6 nitrogen and oxygen atoms in total. The Morgan fingerprint density at radius 2 is 1.78 bits per heavy atom. The highest BCUT2D eigenvalue weighted by Gasteiger charge is 2.53. The molecule has 0 aromatic carbocycles. The molecule has 4 fully saturated rings. The van der Waals surface area contributed by atoms with E-state index < -0.39 is 4.92 Å². The summed E-state index contributed by atoms with van der Waals surface area (Å²) in [7, 11) is 0. The van der Waals surface area contributed by atoms with Gasteiger partial charge in [-0.2, -0.15) is 0 Å². The Labute approximate surface area is 105 Å². The maximum absolute atomic E-state index is 10.7. The van der Waals surface area contributed by atoms with Crippen molar-refractivity contribution in [3.05, 3.63) is 16.3 Å². The maximum atomic E-state index is 10.7. The van der Waals surface area contributed by atoms with Gasteiger partial charge in [-0.15, -0.1) is 0 Å². The number of nitro groups is 1. The summed E-state index contributed by atoms with van der Waals surface area (Å²) in [5, 5.41) is 18.5. The number of hydrogen-bond donors (Lipinski definition) is 0. The van der Waals surface area contributed by atoms with E-state index in [0.717, 1.165) is 37.0 Å². The summed E-state index contributed by atoms with van der Waals surface area (Å²) in [5.74, 6) is 2.30. The minimum Gasteiger partial charge on any atom is -0.358 e. The highest BCUT2D eigenvalue weighted by molar-refractivity contribution is 5.13. The van der Waals surface area contributed by atoms with Crippen LogP contribution in [0.25, 0.3) is 0 Å². The fourth-order valence-electron chi connectivity index (χ4n) is 4.92. The molecule has 4 aliphatic rings. The Kier molecular flexibility index (Phi) is 1.92. The van der Waals surface area contributed by atoms with Crippen LogP contribution in [-0.2, 0) is 5.54 Å². The normalized spacial score (nSPS) is 41.2. The van der Waals surface area contributed by atoms with Crippen LogP contribution >= 0.6 is 0 Å². The van der Waals surface area contributed by atoms with Crippen molar-refractivity contribution in [2.75, 3.05) is 0 Å². The summed E-state index contributed by atoms with van der Waals surface area (Å²) in [6.07, 6.45) is 9.02. The number of hydrogen-bond acceptors (Lipinski definition) is 4. The van der Waals surface area contributed by atoms with Gasteiger partial charge in [-0.1, -0.05) is 0 Å². The summed E-state index contributed by atoms with van der Waals surface area (Å²) < 4.78 is 1.82. The van der Waals surface area contributed by atoms with Gasteiger partial charge in [-0.3, -0.25) is 0 Å².